The Morgan fingerprint density at radius 1 is 1.22 bits per heavy atom. The van der Waals surface area contributed by atoms with Gasteiger partial charge in [0.25, 0.3) is 0 Å². The van der Waals surface area contributed by atoms with Crippen LogP contribution in [0, 0.1) is 0 Å². The number of primary amides is 1. The summed E-state index contributed by atoms with van der Waals surface area (Å²) in [5, 5.41) is 42.7. The first-order valence-corrected chi connectivity index (χ1v) is 6.83. The largest absolute Gasteiger partial charge is 0.394 e. The maximum atomic E-state index is 11.8. The smallest absolute Gasteiger partial charge is 0.246 e. The first-order chi connectivity index (χ1) is 10.7. The summed E-state index contributed by atoms with van der Waals surface area (Å²) >= 11 is 0. The fourth-order valence-electron chi connectivity index (χ4n) is 2.13. The topological polar surface area (TPSA) is 191 Å². The molecule has 0 aromatic heterocycles. The third-order valence-electron chi connectivity index (χ3n) is 3.31. The molecule has 11 heteroatoms. The van der Waals surface area contributed by atoms with E-state index in [9.17, 15) is 29.7 Å². The molecule has 0 aromatic rings. The molecule has 1 rings (SSSR count). The van der Waals surface area contributed by atoms with Crippen molar-refractivity contribution in [1.29, 1.82) is 0 Å². The number of aliphatic hydroxyl groups excluding tert-OH is 4. The maximum absolute atomic E-state index is 11.8. The Balaban J connectivity index is 2.82. The van der Waals surface area contributed by atoms with Gasteiger partial charge in [-0.3, -0.25) is 14.4 Å². The van der Waals surface area contributed by atoms with Crippen LogP contribution >= 0.6 is 0 Å². The molecular formula is C12H21N3O8. The SMILES string of the molecule is CC(=O)N[C@@H]1[C@@H](O)[C@H](O)[C@@H](CO)O[C@H]1NC(=O)CC(O)C(N)=O. The molecule has 1 heterocycles. The number of aliphatic hydroxyl groups is 4. The van der Waals surface area contributed by atoms with Crippen molar-refractivity contribution >= 4 is 17.7 Å². The minimum Gasteiger partial charge on any atom is -0.394 e. The highest BCUT2D eigenvalue weighted by molar-refractivity contribution is 5.86. The quantitative estimate of drug-likeness (QED) is 0.251. The van der Waals surface area contributed by atoms with Crippen LogP contribution in [-0.2, 0) is 19.1 Å². The van der Waals surface area contributed by atoms with Gasteiger partial charge in [-0.05, 0) is 0 Å². The van der Waals surface area contributed by atoms with E-state index in [-0.39, 0.29) is 0 Å². The third-order valence-corrected chi connectivity index (χ3v) is 3.31. The van der Waals surface area contributed by atoms with E-state index in [0.29, 0.717) is 0 Å². The molecule has 1 unspecified atom stereocenters. The predicted molar refractivity (Wildman–Crippen MR) is 73.3 cm³/mol. The molecule has 132 valence electrons. The molecule has 1 saturated heterocycles. The van der Waals surface area contributed by atoms with Gasteiger partial charge < -0.3 is 41.5 Å². The lowest BCUT2D eigenvalue weighted by atomic mass is 9.95. The van der Waals surface area contributed by atoms with Crippen molar-refractivity contribution in [2.24, 2.45) is 5.73 Å². The van der Waals surface area contributed by atoms with Gasteiger partial charge >= 0.3 is 0 Å². The lowest BCUT2D eigenvalue weighted by Crippen LogP contribution is -2.68. The van der Waals surface area contributed by atoms with Crippen LogP contribution in [0.4, 0.5) is 0 Å². The summed E-state index contributed by atoms with van der Waals surface area (Å²) in [5.74, 6) is -2.48. The Morgan fingerprint density at radius 3 is 2.30 bits per heavy atom. The van der Waals surface area contributed by atoms with Crippen molar-refractivity contribution in [3.05, 3.63) is 0 Å². The Morgan fingerprint density at radius 2 is 1.83 bits per heavy atom. The van der Waals surface area contributed by atoms with Crippen molar-refractivity contribution in [3.8, 4) is 0 Å². The van der Waals surface area contributed by atoms with Crippen molar-refractivity contribution in [1.82, 2.24) is 10.6 Å². The Labute approximate surface area is 131 Å². The van der Waals surface area contributed by atoms with Crippen LogP contribution in [0.1, 0.15) is 13.3 Å². The summed E-state index contributed by atoms with van der Waals surface area (Å²) in [4.78, 5) is 33.7. The zero-order chi connectivity index (χ0) is 17.7. The van der Waals surface area contributed by atoms with Gasteiger partial charge in [0, 0.05) is 6.92 Å². The standard InChI is InChI=1S/C12H21N3O8/c1-4(17)14-8-10(21)9(20)6(3-16)23-12(8)15-7(19)2-5(18)11(13)22/h5-6,8-10,12,16,18,20-21H,2-3H2,1H3,(H2,13,22)(H,14,17)(H,15,19)/t5?,6-,8-,9-,10-,12-/m1/s1. The van der Waals surface area contributed by atoms with E-state index >= 15 is 0 Å². The zero-order valence-electron chi connectivity index (χ0n) is 12.4. The van der Waals surface area contributed by atoms with Crippen LogP contribution < -0.4 is 16.4 Å². The number of hydrogen-bond donors (Lipinski definition) is 7. The molecule has 1 fully saturated rings. The summed E-state index contributed by atoms with van der Waals surface area (Å²) in [6, 6.07) is -1.19. The van der Waals surface area contributed by atoms with Crippen molar-refractivity contribution in [2.75, 3.05) is 6.61 Å². The van der Waals surface area contributed by atoms with Crippen molar-refractivity contribution in [3.63, 3.8) is 0 Å². The van der Waals surface area contributed by atoms with Gasteiger partial charge in [0.1, 0.15) is 30.5 Å². The normalized spacial score (nSPS) is 32.0. The van der Waals surface area contributed by atoms with Crippen LogP contribution in [0.3, 0.4) is 0 Å². The van der Waals surface area contributed by atoms with Gasteiger partial charge in [-0.15, -0.1) is 0 Å². The molecule has 0 spiro atoms. The van der Waals surface area contributed by atoms with E-state index in [1.807, 2.05) is 0 Å². The summed E-state index contributed by atoms with van der Waals surface area (Å²) in [6.07, 6.45) is -7.84. The van der Waals surface area contributed by atoms with E-state index in [1.54, 1.807) is 0 Å². The number of ether oxygens (including phenoxy) is 1. The minimum atomic E-state index is -1.71. The van der Waals surface area contributed by atoms with Gasteiger partial charge in [-0.1, -0.05) is 0 Å². The third kappa shape index (κ3) is 5.11. The number of nitrogens with two attached hydrogens (primary N) is 1. The molecule has 0 radical (unpaired) electrons. The molecule has 1 aliphatic rings. The summed E-state index contributed by atoms with van der Waals surface area (Å²) < 4.78 is 5.24. The van der Waals surface area contributed by atoms with E-state index in [4.69, 9.17) is 15.6 Å². The number of hydrogen-bond acceptors (Lipinski definition) is 8. The Hall–Kier alpha value is -1.79. The lowest BCUT2D eigenvalue weighted by Gasteiger charge is -2.42. The summed E-state index contributed by atoms with van der Waals surface area (Å²) in [6.45, 7) is 0.522. The molecular weight excluding hydrogens is 314 g/mol. The first-order valence-electron chi connectivity index (χ1n) is 6.83. The van der Waals surface area contributed by atoms with Gasteiger partial charge in [-0.25, -0.2) is 0 Å². The van der Waals surface area contributed by atoms with Crippen molar-refractivity contribution in [2.45, 2.75) is 50.0 Å². The summed E-state index contributed by atoms with van der Waals surface area (Å²) in [7, 11) is 0. The second-order valence-corrected chi connectivity index (χ2v) is 5.18. The van der Waals surface area contributed by atoms with Gasteiger partial charge in [-0.2, -0.15) is 0 Å². The van der Waals surface area contributed by atoms with Crippen LogP contribution in [0.25, 0.3) is 0 Å². The molecule has 0 aromatic carbocycles. The highest BCUT2D eigenvalue weighted by Crippen LogP contribution is 2.20. The monoisotopic (exact) mass is 335 g/mol. The number of rotatable bonds is 6. The second kappa shape index (κ2) is 8.17. The zero-order valence-corrected chi connectivity index (χ0v) is 12.4. The average Bonchev–Trinajstić information content (AvgIpc) is 2.46. The van der Waals surface area contributed by atoms with Gasteiger partial charge in [0.15, 0.2) is 6.23 Å². The fourth-order valence-corrected chi connectivity index (χ4v) is 2.13. The molecule has 11 nitrogen and oxygen atoms in total. The Bertz CT molecular complexity index is 460. The number of carbonyl (C=O) groups is 3. The molecule has 0 saturated carbocycles. The molecule has 8 N–H and O–H groups in total. The molecule has 23 heavy (non-hydrogen) atoms. The molecule has 3 amide bonds. The number of carbonyl (C=O) groups excluding carboxylic acids is 3. The van der Waals surface area contributed by atoms with E-state index in [1.165, 1.54) is 0 Å². The van der Waals surface area contributed by atoms with Crippen LogP contribution in [-0.4, -0.2) is 81.4 Å². The first kappa shape index (κ1) is 19.3. The maximum Gasteiger partial charge on any atom is 0.246 e. The summed E-state index contributed by atoms with van der Waals surface area (Å²) in [5.41, 5.74) is 4.83. The highest BCUT2D eigenvalue weighted by Gasteiger charge is 2.45. The van der Waals surface area contributed by atoms with E-state index in [2.05, 4.69) is 10.6 Å². The minimum absolute atomic E-state index is 0.552. The van der Waals surface area contributed by atoms with Crippen molar-refractivity contribution < 1.29 is 39.5 Å². The molecule has 6 atom stereocenters. The Kier molecular flexibility index (Phi) is 6.84. The average molecular weight is 335 g/mol. The number of amides is 3. The van der Waals surface area contributed by atoms with Crippen LogP contribution in [0.2, 0.25) is 0 Å². The van der Waals surface area contributed by atoms with Gasteiger partial charge in [0.2, 0.25) is 17.7 Å². The van der Waals surface area contributed by atoms with E-state index in [0.717, 1.165) is 6.92 Å². The lowest BCUT2D eigenvalue weighted by molar-refractivity contribution is -0.203. The predicted octanol–water partition coefficient (Wildman–Crippen LogP) is -4.72. The van der Waals surface area contributed by atoms with Gasteiger partial charge in [0.05, 0.1) is 13.0 Å². The second-order valence-electron chi connectivity index (χ2n) is 5.18. The molecule has 0 bridgehead atoms. The fraction of sp³-hybridized carbons (Fsp3) is 0.750. The number of nitrogens with one attached hydrogen (secondary N) is 2. The highest BCUT2D eigenvalue weighted by atomic mass is 16.5. The molecule has 1 aliphatic heterocycles. The van der Waals surface area contributed by atoms with E-state index < -0.39 is 67.4 Å². The van der Waals surface area contributed by atoms with Crippen LogP contribution in [0.15, 0.2) is 0 Å². The van der Waals surface area contributed by atoms with Crippen LogP contribution in [0.5, 0.6) is 0 Å². The molecule has 0 aliphatic carbocycles.